The number of alkyl halides is 1. The van der Waals surface area contributed by atoms with Gasteiger partial charge < -0.3 is 0 Å². The maximum absolute atomic E-state index is 12.3. The van der Waals surface area contributed by atoms with Crippen molar-refractivity contribution in [2.45, 2.75) is 6.92 Å². The summed E-state index contributed by atoms with van der Waals surface area (Å²) in [5, 5.41) is 0. The van der Waals surface area contributed by atoms with Crippen molar-refractivity contribution >= 4 is 0 Å². The standard InChI is InChI=1S/C8H10F2/c1-3-7(2)6-8(10)4-5-9/h3-4,6H,1,5H2,2H3/b7-6-,8-4+. The number of hydrogen-bond acceptors (Lipinski definition) is 0. The molecule has 0 heterocycles. The van der Waals surface area contributed by atoms with Crippen LogP contribution in [0.15, 0.2) is 36.2 Å². The van der Waals surface area contributed by atoms with E-state index in [0.29, 0.717) is 5.57 Å². The monoisotopic (exact) mass is 144 g/mol. The van der Waals surface area contributed by atoms with Crippen LogP contribution in [-0.2, 0) is 0 Å². The van der Waals surface area contributed by atoms with E-state index < -0.39 is 12.5 Å². The lowest BCUT2D eigenvalue weighted by molar-refractivity contribution is 0.547. The Bertz CT molecular complexity index is 166. The first-order valence-electron chi connectivity index (χ1n) is 2.93. The average Bonchev–Trinajstić information content (AvgIpc) is 1.88. The van der Waals surface area contributed by atoms with E-state index in [2.05, 4.69) is 6.58 Å². The summed E-state index contributed by atoms with van der Waals surface area (Å²) < 4.78 is 23.8. The van der Waals surface area contributed by atoms with Crippen molar-refractivity contribution < 1.29 is 8.78 Å². The Kier molecular flexibility index (Phi) is 4.46. The Morgan fingerprint density at radius 2 is 2.20 bits per heavy atom. The molecule has 0 aliphatic rings. The molecule has 10 heavy (non-hydrogen) atoms. The number of allylic oxidation sites excluding steroid dienone is 5. The van der Waals surface area contributed by atoms with Crippen LogP contribution in [0, 0.1) is 0 Å². The van der Waals surface area contributed by atoms with Gasteiger partial charge in [0.25, 0.3) is 0 Å². The lowest BCUT2D eigenvalue weighted by Crippen LogP contribution is -1.72. The molecular formula is C8H10F2. The molecule has 2 heteroatoms. The molecule has 0 fully saturated rings. The Hall–Kier alpha value is -0.920. The summed E-state index contributed by atoms with van der Waals surface area (Å²) in [7, 11) is 0. The second-order valence-electron chi connectivity index (χ2n) is 1.84. The topological polar surface area (TPSA) is 0 Å². The molecule has 0 rings (SSSR count). The van der Waals surface area contributed by atoms with Crippen LogP contribution in [-0.4, -0.2) is 6.67 Å². The third kappa shape index (κ3) is 4.01. The molecule has 0 saturated heterocycles. The predicted octanol–water partition coefficient (Wildman–Crippen LogP) is 2.94. The number of rotatable bonds is 3. The highest BCUT2D eigenvalue weighted by molar-refractivity contribution is 5.23. The van der Waals surface area contributed by atoms with Crippen molar-refractivity contribution in [2.75, 3.05) is 6.67 Å². The molecule has 0 N–H and O–H groups in total. The van der Waals surface area contributed by atoms with Crippen molar-refractivity contribution in [3.63, 3.8) is 0 Å². The maximum Gasteiger partial charge on any atom is 0.122 e. The van der Waals surface area contributed by atoms with E-state index >= 15 is 0 Å². The van der Waals surface area contributed by atoms with Gasteiger partial charge in [0.1, 0.15) is 12.5 Å². The zero-order chi connectivity index (χ0) is 7.98. The van der Waals surface area contributed by atoms with E-state index in [-0.39, 0.29) is 0 Å². The molecule has 56 valence electrons. The van der Waals surface area contributed by atoms with Gasteiger partial charge in [-0.05, 0) is 24.6 Å². The largest absolute Gasteiger partial charge is 0.246 e. The Labute approximate surface area is 59.6 Å². The summed E-state index contributed by atoms with van der Waals surface area (Å²) in [6.45, 7) is 4.34. The van der Waals surface area contributed by atoms with Gasteiger partial charge in [-0.15, -0.1) is 0 Å². The molecule has 0 saturated carbocycles. The Morgan fingerprint density at radius 1 is 1.60 bits per heavy atom. The lowest BCUT2D eigenvalue weighted by Gasteiger charge is -1.87. The highest BCUT2D eigenvalue weighted by Gasteiger charge is 1.87. The van der Waals surface area contributed by atoms with Crippen LogP contribution in [0.25, 0.3) is 0 Å². The second-order valence-corrected chi connectivity index (χ2v) is 1.84. The van der Waals surface area contributed by atoms with Crippen LogP contribution in [0.4, 0.5) is 8.78 Å². The smallest absolute Gasteiger partial charge is 0.122 e. The summed E-state index contributed by atoms with van der Waals surface area (Å²) in [6.07, 6.45) is 3.60. The Balaban J connectivity index is 4.11. The van der Waals surface area contributed by atoms with E-state index in [1.54, 1.807) is 6.92 Å². The quantitative estimate of drug-likeness (QED) is 0.534. The molecule has 0 bridgehead atoms. The van der Waals surface area contributed by atoms with Gasteiger partial charge >= 0.3 is 0 Å². The van der Waals surface area contributed by atoms with Crippen molar-refractivity contribution in [1.29, 1.82) is 0 Å². The molecule has 0 nitrogen and oxygen atoms in total. The molecule has 0 aliphatic heterocycles. The zero-order valence-electron chi connectivity index (χ0n) is 5.90. The fraction of sp³-hybridized carbons (Fsp3) is 0.250. The SMILES string of the molecule is C=C/C(C)=C\C(F)=C/CF. The van der Waals surface area contributed by atoms with Crippen LogP contribution >= 0.6 is 0 Å². The summed E-state index contributed by atoms with van der Waals surface area (Å²) >= 11 is 0. The highest BCUT2D eigenvalue weighted by Crippen LogP contribution is 2.03. The van der Waals surface area contributed by atoms with Gasteiger partial charge in [-0.2, -0.15) is 0 Å². The molecule has 0 amide bonds. The highest BCUT2D eigenvalue weighted by atomic mass is 19.1. The molecule has 0 spiro atoms. The molecular weight excluding hydrogens is 134 g/mol. The van der Waals surface area contributed by atoms with Crippen LogP contribution < -0.4 is 0 Å². The molecule has 0 aliphatic carbocycles. The molecule has 0 aromatic rings. The van der Waals surface area contributed by atoms with E-state index in [1.807, 2.05) is 0 Å². The predicted molar refractivity (Wildman–Crippen MR) is 39.1 cm³/mol. The molecule has 0 unspecified atom stereocenters. The summed E-state index contributed by atoms with van der Waals surface area (Å²) in [4.78, 5) is 0. The fourth-order valence-corrected chi connectivity index (χ4v) is 0.409. The summed E-state index contributed by atoms with van der Waals surface area (Å²) in [5.41, 5.74) is 0.683. The third-order valence-electron chi connectivity index (χ3n) is 0.960. The Morgan fingerprint density at radius 3 is 2.60 bits per heavy atom. The normalized spacial score (nSPS) is 13.5. The second kappa shape index (κ2) is 4.91. The van der Waals surface area contributed by atoms with Gasteiger partial charge in [0.05, 0.1) is 0 Å². The van der Waals surface area contributed by atoms with E-state index in [0.717, 1.165) is 6.08 Å². The van der Waals surface area contributed by atoms with Crippen LogP contribution in [0.5, 0.6) is 0 Å². The summed E-state index contributed by atoms with van der Waals surface area (Å²) in [6, 6.07) is 0. The minimum atomic E-state index is -0.771. The average molecular weight is 144 g/mol. The van der Waals surface area contributed by atoms with Crippen molar-refractivity contribution in [3.05, 3.63) is 36.2 Å². The number of hydrogen-bond donors (Lipinski definition) is 0. The first kappa shape index (κ1) is 9.08. The third-order valence-corrected chi connectivity index (χ3v) is 0.960. The van der Waals surface area contributed by atoms with Crippen molar-refractivity contribution in [3.8, 4) is 0 Å². The van der Waals surface area contributed by atoms with Gasteiger partial charge in [0, 0.05) is 0 Å². The molecule has 0 atom stereocenters. The molecule has 0 aromatic carbocycles. The van der Waals surface area contributed by atoms with Gasteiger partial charge in [-0.3, -0.25) is 0 Å². The first-order chi connectivity index (χ1) is 4.70. The summed E-state index contributed by atoms with van der Waals surface area (Å²) in [5.74, 6) is -0.556. The van der Waals surface area contributed by atoms with Gasteiger partial charge in [-0.25, -0.2) is 8.78 Å². The minimum absolute atomic E-state index is 0.556. The van der Waals surface area contributed by atoms with Crippen LogP contribution in [0.2, 0.25) is 0 Å². The van der Waals surface area contributed by atoms with Crippen LogP contribution in [0.1, 0.15) is 6.92 Å². The minimum Gasteiger partial charge on any atom is -0.246 e. The molecule has 0 aromatic heterocycles. The van der Waals surface area contributed by atoms with Crippen molar-refractivity contribution in [1.82, 2.24) is 0 Å². The lowest BCUT2D eigenvalue weighted by atomic mass is 10.2. The first-order valence-corrected chi connectivity index (χ1v) is 2.93. The van der Waals surface area contributed by atoms with E-state index in [9.17, 15) is 8.78 Å². The van der Waals surface area contributed by atoms with Gasteiger partial charge in [0.2, 0.25) is 0 Å². The van der Waals surface area contributed by atoms with Crippen LogP contribution in [0.3, 0.4) is 0 Å². The van der Waals surface area contributed by atoms with E-state index in [1.165, 1.54) is 12.2 Å². The van der Waals surface area contributed by atoms with Crippen molar-refractivity contribution in [2.24, 2.45) is 0 Å². The molecule has 0 radical (unpaired) electrons. The van der Waals surface area contributed by atoms with E-state index in [4.69, 9.17) is 0 Å². The van der Waals surface area contributed by atoms with Gasteiger partial charge in [-0.1, -0.05) is 12.7 Å². The maximum atomic E-state index is 12.3. The van der Waals surface area contributed by atoms with Gasteiger partial charge in [0.15, 0.2) is 0 Å². The fourth-order valence-electron chi connectivity index (χ4n) is 0.409. The zero-order valence-corrected chi connectivity index (χ0v) is 5.90. The number of halogens is 2.